The van der Waals surface area contributed by atoms with Gasteiger partial charge in [-0.2, -0.15) is 0 Å². The van der Waals surface area contributed by atoms with Gasteiger partial charge in [0.05, 0.1) is 18.2 Å². The van der Waals surface area contributed by atoms with Crippen LogP contribution in [0.15, 0.2) is 0 Å². The third kappa shape index (κ3) is 3.61. The van der Waals surface area contributed by atoms with Crippen LogP contribution >= 0.6 is 12.2 Å². The van der Waals surface area contributed by atoms with Crippen molar-refractivity contribution in [3.05, 3.63) is 0 Å². The van der Waals surface area contributed by atoms with E-state index in [1.165, 1.54) is 4.90 Å². The van der Waals surface area contributed by atoms with Crippen LogP contribution in [0.2, 0.25) is 0 Å². The summed E-state index contributed by atoms with van der Waals surface area (Å²) in [6.07, 6.45) is -0.395. The summed E-state index contributed by atoms with van der Waals surface area (Å²) in [5.74, 6) is 0. The van der Waals surface area contributed by atoms with Crippen molar-refractivity contribution in [1.29, 1.82) is 0 Å². The molecule has 5 nitrogen and oxygen atoms in total. The van der Waals surface area contributed by atoms with Crippen LogP contribution in [0.5, 0.6) is 0 Å². The molecular weight excluding hydrogens is 228 g/mol. The summed E-state index contributed by atoms with van der Waals surface area (Å²) < 4.78 is 10.5. The molecule has 0 saturated carbocycles. The van der Waals surface area contributed by atoms with Crippen LogP contribution in [0, 0.1) is 0 Å². The van der Waals surface area contributed by atoms with Crippen molar-refractivity contribution in [1.82, 2.24) is 4.90 Å². The van der Waals surface area contributed by atoms with Crippen molar-refractivity contribution in [2.75, 3.05) is 19.8 Å². The summed E-state index contributed by atoms with van der Waals surface area (Å²) in [4.78, 5) is 13.6. The molecule has 1 aliphatic heterocycles. The molecule has 0 aromatic carbocycles. The first-order chi connectivity index (χ1) is 7.31. The van der Waals surface area contributed by atoms with E-state index < -0.39 is 11.7 Å². The Balaban J connectivity index is 2.68. The van der Waals surface area contributed by atoms with Crippen molar-refractivity contribution in [2.24, 2.45) is 5.73 Å². The molecule has 0 aliphatic carbocycles. The molecular formula is C10H18N2O3S. The SMILES string of the molecule is CC(C)(C)OC(=O)N1CCOCC1C(N)=S. The molecule has 1 rings (SSSR count). The molecule has 6 heteroatoms. The van der Waals surface area contributed by atoms with Crippen LogP contribution in [0.4, 0.5) is 4.79 Å². The Labute approximate surface area is 101 Å². The molecule has 0 aromatic heterocycles. The lowest BCUT2D eigenvalue weighted by molar-refractivity contribution is -0.0176. The van der Waals surface area contributed by atoms with E-state index in [0.29, 0.717) is 19.8 Å². The Morgan fingerprint density at radius 2 is 2.19 bits per heavy atom. The largest absolute Gasteiger partial charge is 0.444 e. The highest BCUT2D eigenvalue weighted by molar-refractivity contribution is 7.80. The zero-order valence-corrected chi connectivity index (χ0v) is 10.7. The second-order valence-corrected chi connectivity index (χ2v) is 5.14. The normalized spacial score (nSPS) is 21.7. The minimum Gasteiger partial charge on any atom is -0.444 e. The molecule has 1 heterocycles. The maximum absolute atomic E-state index is 11.9. The zero-order valence-electron chi connectivity index (χ0n) is 9.86. The van der Waals surface area contributed by atoms with E-state index in [9.17, 15) is 4.79 Å². The molecule has 0 aromatic rings. The second kappa shape index (κ2) is 4.97. The van der Waals surface area contributed by atoms with Crippen molar-refractivity contribution >= 4 is 23.3 Å². The predicted octanol–water partition coefficient (Wildman–Crippen LogP) is 0.908. The summed E-state index contributed by atoms with van der Waals surface area (Å²) in [5, 5.41) is 0. The third-order valence-electron chi connectivity index (χ3n) is 2.08. The highest BCUT2D eigenvalue weighted by Crippen LogP contribution is 2.14. The molecule has 92 valence electrons. The van der Waals surface area contributed by atoms with Gasteiger partial charge in [-0.15, -0.1) is 0 Å². The van der Waals surface area contributed by atoms with Gasteiger partial charge < -0.3 is 15.2 Å². The van der Waals surface area contributed by atoms with Gasteiger partial charge in [-0.25, -0.2) is 4.79 Å². The first-order valence-electron chi connectivity index (χ1n) is 5.18. The lowest BCUT2D eigenvalue weighted by atomic mass is 10.2. The summed E-state index contributed by atoms with van der Waals surface area (Å²) in [6, 6.07) is -0.362. The van der Waals surface area contributed by atoms with Crippen LogP contribution in [0.1, 0.15) is 20.8 Å². The second-order valence-electron chi connectivity index (χ2n) is 4.67. The van der Waals surface area contributed by atoms with Crippen LogP contribution in [0.25, 0.3) is 0 Å². The third-order valence-corrected chi connectivity index (χ3v) is 2.36. The minimum absolute atomic E-state index is 0.255. The Kier molecular flexibility index (Phi) is 4.09. The van der Waals surface area contributed by atoms with Crippen LogP contribution in [-0.2, 0) is 9.47 Å². The molecule has 1 unspecified atom stereocenters. The van der Waals surface area contributed by atoms with E-state index in [1.54, 1.807) is 0 Å². The molecule has 1 amide bonds. The van der Waals surface area contributed by atoms with Crippen molar-refractivity contribution in [2.45, 2.75) is 32.4 Å². The molecule has 2 N–H and O–H groups in total. The summed E-state index contributed by atoms with van der Waals surface area (Å²) in [6.45, 7) is 6.74. The first kappa shape index (κ1) is 13.2. The van der Waals surface area contributed by atoms with E-state index in [-0.39, 0.29) is 11.0 Å². The highest BCUT2D eigenvalue weighted by atomic mass is 32.1. The number of amides is 1. The van der Waals surface area contributed by atoms with Crippen molar-refractivity contribution in [3.63, 3.8) is 0 Å². The van der Waals surface area contributed by atoms with Gasteiger partial charge in [-0.3, -0.25) is 4.90 Å². The van der Waals surface area contributed by atoms with Gasteiger partial charge in [0.2, 0.25) is 0 Å². The molecule has 1 fully saturated rings. The number of hydrogen-bond acceptors (Lipinski definition) is 4. The van der Waals surface area contributed by atoms with Crippen LogP contribution in [0.3, 0.4) is 0 Å². The number of nitrogens with zero attached hydrogens (tertiary/aromatic N) is 1. The summed E-state index contributed by atoms with van der Waals surface area (Å²) in [7, 11) is 0. The van der Waals surface area contributed by atoms with Gasteiger partial charge >= 0.3 is 6.09 Å². The van der Waals surface area contributed by atoms with E-state index in [2.05, 4.69) is 0 Å². The zero-order chi connectivity index (χ0) is 12.3. The van der Waals surface area contributed by atoms with Gasteiger partial charge in [0, 0.05) is 6.54 Å². The number of rotatable bonds is 1. The molecule has 0 radical (unpaired) electrons. The molecule has 1 saturated heterocycles. The Hall–Kier alpha value is -0.880. The monoisotopic (exact) mass is 246 g/mol. The Morgan fingerprint density at radius 1 is 1.56 bits per heavy atom. The molecule has 1 aliphatic rings. The average molecular weight is 246 g/mol. The van der Waals surface area contributed by atoms with Crippen molar-refractivity contribution in [3.8, 4) is 0 Å². The standard InChI is InChI=1S/C10H18N2O3S/c1-10(2,3)15-9(13)12-4-5-14-6-7(12)8(11)16/h7H,4-6H2,1-3H3,(H2,11,16). The maximum Gasteiger partial charge on any atom is 0.411 e. The number of carbonyl (C=O) groups is 1. The average Bonchev–Trinajstić information content (AvgIpc) is 2.15. The van der Waals surface area contributed by atoms with Gasteiger partial charge in [-0.1, -0.05) is 12.2 Å². The maximum atomic E-state index is 11.9. The number of hydrogen-bond donors (Lipinski definition) is 1. The number of thiocarbonyl (C=S) groups is 1. The Bertz CT molecular complexity index is 288. The van der Waals surface area contributed by atoms with Gasteiger partial charge in [-0.05, 0) is 20.8 Å². The van der Waals surface area contributed by atoms with Gasteiger partial charge in [0.25, 0.3) is 0 Å². The first-order valence-corrected chi connectivity index (χ1v) is 5.59. The lowest BCUT2D eigenvalue weighted by Gasteiger charge is -2.35. The van der Waals surface area contributed by atoms with Crippen molar-refractivity contribution < 1.29 is 14.3 Å². The van der Waals surface area contributed by atoms with E-state index in [4.69, 9.17) is 27.4 Å². The molecule has 1 atom stereocenters. The lowest BCUT2D eigenvalue weighted by Crippen LogP contribution is -2.55. The molecule has 16 heavy (non-hydrogen) atoms. The fourth-order valence-corrected chi connectivity index (χ4v) is 1.57. The van der Waals surface area contributed by atoms with E-state index >= 15 is 0 Å². The molecule has 0 spiro atoms. The number of morpholine rings is 1. The Morgan fingerprint density at radius 3 is 2.69 bits per heavy atom. The fourth-order valence-electron chi connectivity index (χ4n) is 1.38. The number of ether oxygens (including phenoxy) is 2. The molecule has 0 bridgehead atoms. The highest BCUT2D eigenvalue weighted by Gasteiger charge is 2.32. The van der Waals surface area contributed by atoms with Crippen LogP contribution < -0.4 is 5.73 Å². The van der Waals surface area contributed by atoms with E-state index in [1.807, 2.05) is 20.8 Å². The van der Waals surface area contributed by atoms with E-state index in [0.717, 1.165) is 0 Å². The number of nitrogens with two attached hydrogens (primary N) is 1. The van der Waals surface area contributed by atoms with Crippen LogP contribution in [-0.4, -0.2) is 47.4 Å². The quantitative estimate of drug-likeness (QED) is 0.697. The van der Waals surface area contributed by atoms with Gasteiger partial charge in [0.1, 0.15) is 11.6 Å². The predicted molar refractivity (Wildman–Crippen MR) is 64.3 cm³/mol. The summed E-state index contributed by atoms with van der Waals surface area (Å²) in [5.41, 5.74) is 5.04. The topological polar surface area (TPSA) is 64.8 Å². The van der Waals surface area contributed by atoms with Gasteiger partial charge in [0.15, 0.2) is 0 Å². The minimum atomic E-state index is -0.518. The summed E-state index contributed by atoms with van der Waals surface area (Å²) >= 11 is 4.90. The fraction of sp³-hybridized carbons (Fsp3) is 0.800. The number of carbonyl (C=O) groups excluding carboxylic acids is 1. The smallest absolute Gasteiger partial charge is 0.411 e.